The van der Waals surface area contributed by atoms with Gasteiger partial charge in [-0.15, -0.1) is 12.6 Å². The topological polar surface area (TPSA) is 44.4 Å². The lowest BCUT2D eigenvalue weighted by molar-refractivity contribution is 0.0951. The number of hydrogen-bond donors (Lipinski definition) is 3. The highest BCUT2D eigenvalue weighted by Gasteiger charge is 2.11. The van der Waals surface area contributed by atoms with Crippen LogP contribution in [0.2, 0.25) is 5.02 Å². The van der Waals surface area contributed by atoms with Gasteiger partial charge in [0.2, 0.25) is 0 Å². The van der Waals surface area contributed by atoms with E-state index in [4.69, 9.17) is 11.6 Å². The first kappa shape index (κ1) is 15.6. The minimum Gasteiger partial charge on any atom is -0.352 e. The number of rotatable bonds is 5. The maximum absolute atomic E-state index is 12.0. The number of carbonyl (C=O) groups is 1. The molecule has 0 bridgehead atoms. The molecule has 0 saturated carbocycles. The van der Waals surface area contributed by atoms with E-state index in [2.05, 4.69) is 28.2 Å². The van der Waals surface area contributed by atoms with Crippen molar-refractivity contribution in [3.05, 3.63) is 28.8 Å². The number of thiol groups is 1. The van der Waals surface area contributed by atoms with Crippen molar-refractivity contribution in [2.24, 2.45) is 0 Å². The van der Waals surface area contributed by atoms with Gasteiger partial charge in [-0.2, -0.15) is 0 Å². The van der Waals surface area contributed by atoms with Crippen molar-refractivity contribution in [2.45, 2.75) is 11.3 Å². The number of piperazine rings is 1. The zero-order valence-corrected chi connectivity index (χ0v) is 13.0. The molecule has 1 aliphatic heterocycles. The molecule has 1 aliphatic rings. The molecule has 0 spiro atoms. The Labute approximate surface area is 130 Å². The van der Waals surface area contributed by atoms with Crippen molar-refractivity contribution in [3.63, 3.8) is 0 Å². The highest BCUT2D eigenvalue weighted by molar-refractivity contribution is 7.80. The van der Waals surface area contributed by atoms with Crippen LogP contribution in [-0.2, 0) is 0 Å². The summed E-state index contributed by atoms with van der Waals surface area (Å²) in [7, 11) is 0. The Morgan fingerprint density at radius 2 is 2.15 bits per heavy atom. The Morgan fingerprint density at radius 1 is 1.40 bits per heavy atom. The molecule has 1 aromatic rings. The molecule has 1 saturated heterocycles. The van der Waals surface area contributed by atoms with Crippen LogP contribution in [0.5, 0.6) is 0 Å². The number of nitrogens with zero attached hydrogens (tertiary/aromatic N) is 1. The number of carbonyl (C=O) groups excluding carboxylic acids is 1. The van der Waals surface area contributed by atoms with Gasteiger partial charge in [0, 0.05) is 37.6 Å². The van der Waals surface area contributed by atoms with E-state index in [-0.39, 0.29) is 5.91 Å². The summed E-state index contributed by atoms with van der Waals surface area (Å²) in [4.78, 5) is 15.2. The van der Waals surface area contributed by atoms with Crippen molar-refractivity contribution in [1.82, 2.24) is 15.5 Å². The Balaban J connectivity index is 1.73. The number of halogens is 1. The monoisotopic (exact) mass is 313 g/mol. The zero-order valence-electron chi connectivity index (χ0n) is 11.4. The molecule has 1 heterocycles. The van der Waals surface area contributed by atoms with Gasteiger partial charge in [0.05, 0.1) is 10.6 Å². The first-order chi connectivity index (χ1) is 9.66. The first-order valence-corrected chi connectivity index (χ1v) is 7.69. The van der Waals surface area contributed by atoms with E-state index in [1.165, 1.54) is 0 Å². The molecule has 0 radical (unpaired) electrons. The van der Waals surface area contributed by atoms with E-state index in [1.54, 1.807) is 18.2 Å². The van der Waals surface area contributed by atoms with Gasteiger partial charge >= 0.3 is 0 Å². The molecule has 2 N–H and O–H groups in total. The van der Waals surface area contributed by atoms with Crippen LogP contribution in [0.3, 0.4) is 0 Å². The Kier molecular flexibility index (Phi) is 6.16. The van der Waals surface area contributed by atoms with Gasteiger partial charge in [-0.3, -0.25) is 4.79 Å². The molecule has 6 heteroatoms. The fourth-order valence-electron chi connectivity index (χ4n) is 2.22. The van der Waals surface area contributed by atoms with Crippen molar-refractivity contribution in [3.8, 4) is 0 Å². The third-order valence-electron chi connectivity index (χ3n) is 3.34. The third-order valence-corrected chi connectivity index (χ3v) is 3.95. The molecule has 1 amide bonds. The Morgan fingerprint density at radius 3 is 2.90 bits per heavy atom. The second-order valence-electron chi connectivity index (χ2n) is 4.87. The summed E-state index contributed by atoms with van der Waals surface area (Å²) in [6.45, 7) is 5.95. The van der Waals surface area contributed by atoms with Crippen LogP contribution in [0.15, 0.2) is 23.1 Å². The summed E-state index contributed by atoms with van der Waals surface area (Å²) >= 11 is 10.2. The highest BCUT2D eigenvalue weighted by atomic mass is 35.5. The lowest BCUT2D eigenvalue weighted by Crippen LogP contribution is -2.44. The summed E-state index contributed by atoms with van der Waals surface area (Å²) in [5.74, 6) is -0.133. The van der Waals surface area contributed by atoms with Crippen LogP contribution in [0.4, 0.5) is 0 Å². The number of benzene rings is 1. The van der Waals surface area contributed by atoms with Crippen LogP contribution in [0.1, 0.15) is 16.8 Å². The van der Waals surface area contributed by atoms with Gasteiger partial charge in [0.15, 0.2) is 0 Å². The summed E-state index contributed by atoms with van der Waals surface area (Å²) in [6.07, 6.45) is 0.948. The molecule has 4 nitrogen and oxygen atoms in total. The summed E-state index contributed by atoms with van der Waals surface area (Å²) in [6, 6.07) is 5.16. The smallest absolute Gasteiger partial charge is 0.252 e. The molecule has 0 atom stereocenters. The first-order valence-electron chi connectivity index (χ1n) is 6.86. The molecule has 0 unspecified atom stereocenters. The van der Waals surface area contributed by atoms with Crippen LogP contribution in [-0.4, -0.2) is 50.1 Å². The maximum atomic E-state index is 12.0. The van der Waals surface area contributed by atoms with E-state index < -0.39 is 0 Å². The Bertz CT molecular complexity index is 464. The van der Waals surface area contributed by atoms with Gasteiger partial charge < -0.3 is 15.5 Å². The molecule has 110 valence electrons. The molecule has 1 fully saturated rings. The molecule has 0 aromatic heterocycles. The van der Waals surface area contributed by atoms with E-state index >= 15 is 0 Å². The number of nitrogens with one attached hydrogen (secondary N) is 2. The van der Waals surface area contributed by atoms with E-state index in [1.807, 2.05) is 0 Å². The average Bonchev–Trinajstić information content (AvgIpc) is 2.47. The van der Waals surface area contributed by atoms with Crippen LogP contribution in [0, 0.1) is 0 Å². The molecule has 20 heavy (non-hydrogen) atoms. The average molecular weight is 314 g/mol. The van der Waals surface area contributed by atoms with Crippen LogP contribution < -0.4 is 10.6 Å². The van der Waals surface area contributed by atoms with Crippen LogP contribution >= 0.6 is 24.2 Å². The van der Waals surface area contributed by atoms with Gasteiger partial charge in [-0.1, -0.05) is 11.6 Å². The summed E-state index contributed by atoms with van der Waals surface area (Å²) < 4.78 is 0. The molecule has 2 rings (SSSR count). The van der Waals surface area contributed by atoms with E-state index in [0.29, 0.717) is 17.1 Å². The van der Waals surface area contributed by atoms with Gasteiger partial charge in [0.25, 0.3) is 5.91 Å². The molecule has 0 aliphatic carbocycles. The molecular formula is C14H20ClN3OS. The minimum atomic E-state index is -0.133. The predicted octanol–water partition coefficient (Wildman–Crippen LogP) is 1.65. The zero-order chi connectivity index (χ0) is 14.4. The van der Waals surface area contributed by atoms with Crippen molar-refractivity contribution in [2.75, 3.05) is 39.3 Å². The number of hydrogen-bond acceptors (Lipinski definition) is 4. The van der Waals surface area contributed by atoms with Gasteiger partial charge in [-0.05, 0) is 31.2 Å². The predicted molar refractivity (Wildman–Crippen MR) is 85.0 cm³/mol. The summed E-state index contributed by atoms with van der Waals surface area (Å²) in [5.41, 5.74) is 0.487. The SMILES string of the molecule is O=C(NCCCN1CCNCC1)c1cc(S)ccc1Cl. The van der Waals surface area contributed by atoms with Gasteiger partial charge in [0.1, 0.15) is 0 Å². The van der Waals surface area contributed by atoms with Crippen molar-refractivity contribution in [1.29, 1.82) is 0 Å². The maximum Gasteiger partial charge on any atom is 0.252 e. The van der Waals surface area contributed by atoms with Crippen molar-refractivity contribution < 1.29 is 4.79 Å². The van der Waals surface area contributed by atoms with E-state index in [0.717, 1.165) is 44.0 Å². The largest absolute Gasteiger partial charge is 0.352 e. The second-order valence-corrected chi connectivity index (χ2v) is 5.79. The molecular weight excluding hydrogens is 294 g/mol. The minimum absolute atomic E-state index is 0.133. The normalized spacial score (nSPS) is 16.1. The second kappa shape index (κ2) is 7.88. The van der Waals surface area contributed by atoms with E-state index in [9.17, 15) is 4.79 Å². The lowest BCUT2D eigenvalue weighted by atomic mass is 10.2. The number of amides is 1. The van der Waals surface area contributed by atoms with Crippen LogP contribution in [0.25, 0.3) is 0 Å². The lowest BCUT2D eigenvalue weighted by Gasteiger charge is -2.27. The highest BCUT2D eigenvalue weighted by Crippen LogP contribution is 2.19. The standard InChI is InChI=1S/C14H20ClN3OS/c15-13-3-2-11(20)10-12(13)14(19)17-4-1-7-18-8-5-16-6-9-18/h2-3,10,16,20H,1,4-9H2,(H,17,19). The fourth-order valence-corrected chi connectivity index (χ4v) is 2.63. The summed E-state index contributed by atoms with van der Waals surface area (Å²) in [5, 5.41) is 6.69. The van der Waals surface area contributed by atoms with Gasteiger partial charge in [-0.25, -0.2) is 0 Å². The fraction of sp³-hybridized carbons (Fsp3) is 0.500. The molecule has 1 aromatic carbocycles. The van der Waals surface area contributed by atoms with Crippen molar-refractivity contribution >= 4 is 30.1 Å². The Hall–Kier alpha value is -0.750. The third kappa shape index (κ3) is 4.66. The quantitative estimate of drug-likeness (QED) is 0.572.